The van der Waals surface area contributed by atoms with Gasteiger partial charge in [0.25, 0.3) is 0 Å². The maximum atomic E-state index is 10.7. The van der Waals surface area contributed by atoms with Gasteiger partial charge in [-0.05, 0) is 12.1 Å². The predicted molar refractivity (Wildman–Crippen MR) is 54.2 cm³/mol. The summed E-state index contributed by atoms with van der Waals surface area (Å²) >= 11 is 0. The van der Waals surface area contributed by atoms with Crippen LogP contribution in [0.15, 0.2) is 43.0 Å². The fourth-order valence-corrected chi connectivity index (χ4v) is 0.903. The summed E-state index contributed by atoms with van der Waals surface area (Å²) in [6.45, 7) is 3.00. The molecule has 0 amide bonds. The first-order chi connectivity index (χ1) is 7.22. The Balaban J connectivity index is 2.33. The van der Waals surface area contributed by atoms with Crippen LogP contribution in [-0.2, 0) is 9.53 Å². The molecule has 1 rings (SSSR count). The highest BCUT2D eigenvalue weighted by atomic mass is 16.6. The summed E-state index contributed by atoms with van der Waals surface area (Å²) < 4.78 is 9.65. The minimum Gasteiger partial charge on any atom is -0.461 e. The van der Waals surface area contributed by atoms with Crippen molar-refractivity contribution in [3.05, 3.63) is 43.0 Å². The van der Waals surface area contributed by atoms with Gasteiger partial charge >= 0.3 is 5.97 Å². The molecule has 0 spiro atoms. The zero-order valence-corrected chi connectivity index (χ0v) is 8.13. The normalized spacial score (nSPS) is 11.5. The van der Waals surface area contributed by atoms with Crippen LogP contribution in [0.1, 0.15) is 0 Å². The smallest absolute Gasteiger partial charge is 0.330 e. The lowest BCUT2D eigenvalue weighted by Gasteiger charge is -2.12. The largest absolute Gasteiger partial charge is 0.461 e. The number of carbonyl (C=O) groups is 1. The molecule has 4 heteroatoms. The number of benzene rings is 1. The molecular weight excluding hydrogens is 196 g/mol. The Morgan fingerprint density at radius 1 is 1.47 bits per heavy atom. The van der Waals surface area contributed by atoms with Crippen molar-refractivity contribution in [3.8, 4) is 5.75 Å². The molecule has 0 saturated heterocycles. The van der Waals surface area contributed by atoms with Crippen molar-refractivity contribution < 1.29 is 19.4 Å². The summed E-state index contributed by atoms with van der Waals surface area (Å²) in [6, 6.07) is 8.77. The fourth-order valence-electron chi connectivity index (χ4n) is 0.903. The zero-order valence-electron chi connectivity index (χ0n) is 8.13. The number of para-hydroxylation sites is 1. The molecule has 4 nitrogen and oxygen atoms in total. The minimum absolute atomic E-state index is 0.222. The summed E-state index contributed by atoms with van der Waals surface area (Å²) in [5, 5.41) is 9.31. The van der Waals surface area contributed by atoms with Crippen LogP contribution in [0.25, 0.3) is 0 Å². The highest BCUT2D eigenvalue weighted by Gasteiger charge is 2.07. The third kappa shape index (κ3) is 4.28. The first-order valence-corrected chi connectivity index (χ1v) is 4.41. The van der Waals surface area contributed by atoms with Gasteiger partial charge in [0.2, 0.25) is 6.29 Å². The number of hydrogen-bond acceptors (Lipinski definition) is 4. The topological polar surface area (TPSA) is 55.8 Å². The highest BCUT2D eigenvalue weighted by molar-refractivity contribution is 5.81. The minimum atomic E-state index is -1.17. The molecule has 80 valence electrons. The number of aliphatic hydroxyl groups is 1. The Labute approximate surface area is 87.7 Å². The Hall–Kier alpha value is -1.81. The van der Waals surface area contributed by atoms with Crippen molar-refractivity contribution in [2.75, 3.05) is 6.61 Å². The maximum Gasteiger partial charge on any atom is 0.330 e. The van der Waals surface area contributed by atoms with E-state index in [4.69, 9.17) is 4.74 Å². The maximum absolute atomic E-state index is 10.7. The Morgan fingerprint density at radius 3 is 2.73 bits per heavy atom. The number of ether oxygens (including phenoxy) is 2. The first kappa shape index (κ1) is 11.3. The molecule has 15 heavy (non-hydrogen) atoms. The summed E-state index contributed by atoms with van der Waals surface area (Å²) in [5.41, 5.74) is 0. The first-order valence-electron chi connectivity index (χ1n) is 4.41. The van der Waals surface area contributed by atoms with Crippen LogP contribution in [0.5, 0.6) is 5.75 Å². The second kappa shape index (κ2) is 5.82. The lowest BCUT2D eigenvalue weighted by atomic mass is 10.3. The van der Waals surface area contributed by atoms with Gasteiger partial charge in [0.1, 0.15) is 5.75 Å². The molecule has 0 radical (unpaired) electrons. The van der Waals surface area contributed by atoms with Gasteiger partial charge in [-0.3, -0.25) is 0 Å². The number of aliphatic hydroxyl groups excluding tert-OH is 1. The molecule has 0 aliphatic rings. The van der Waals surface area contributed by atoms with Gasteiger partial charge < -0.3 is 14.6 Å². The molecular formula is C11H12O4. The van der Waals surface area contributed by atoms with Crippen molar-refractivity contribution in [3.63, 3.8) is 0 Å². The van der Waals surface area contributed by atoms with E-state index in [2.05, 4.69) is 11.3 Å². The van der Waals surface area contributed by atoms with Gasteiger partial charge in [-0.25, -0.2) is 4.79 Å². The van der Waals surface area contributed by atoms with E-state index in [0.717, 1.165) is 6.08 Å². The predicted octanol–water partition coefficient (Wildman–Crippen LogP) is 1.11. The second-order valence-corrected chi connectivity index (χ2v) is 2.72. The zero-order chi connectivity index (χ0) is 11.1. The lowest BCUT2D eigenvalue weighted by molar-refractivity contribution is -0.147. The monoisotopic (exact) mass is 208 g/mol. The van der Waals surface area contributed by atoms with E-state index < -0.39 is 12.3 Å². The van der Waals surface area contributed by atoms with Crippen LogP contribution >= 0.6 is 0 Å². The standard InChI is InChI=1S/C11H12O4/c1-2-10(12)14-8-11(13)15-9-6-4-3-5-7-9/h2-7,11,13H,1,8H2. The Kier molecular flexibility index (Phi) is 4.37. The molecule has 0 saturated carbocycles. The van der Waals surface area contributed by atoms with Gasteiger partial charge in [-0.2, -0.15) is 0 Å². The average Bonchev–Trinajstić information content (AvgIpc) is 2.27. The summed E-state index contributed by atoms with van der Waals surface area (Å²) in [5.74, 6) is -0.0784. The summed E-state index contributed by atoms with van der Waals surface area (Å²) in [7, 11) is 0. The third-order valence-corrected chi connectivity index (χ3v) is 1.55. The molecule has 1 aromatic carbocycles. The van der Waals surface area contributed by atoms with Crippen LogP contribution in [0.3, 0.4) is 0 Å². The van der Waals surface area contributed by atoms with Crippen molar-refractivity contribution in [2.24, 2.45) is 0 Å². The molecule has 0 heterocycles. The number of esters is 1. The van der Waals surface area contributed by atoms with Crippen molar-refractivity contribution in [1.29, 1.82) is 0 Å². The molecule has 0 aromatic heterocycles. The van der Waals surface area contributed by atoms with Crippen LogP contribution < -0.4 is 4.74 Å². The molecule has 0 bridgehead atoms. The molecule has 0 fully saturated rings. The van der Waals surface area contributed by atoms with Gasteiger partial charge in [-0.1, -0.05) is 24.8 Å². The van der Waals surface area contributed by atoms with E-state index in [1.165, 1.54) is 0 Å². The van der Waals surface area contributed by atoms with Crippen LogP contribution in [0.2, 0.25) is 0 Å². The third-order valence-electron chi connectivity index (χ3n) is 1.55. The SMILES string of the molecule is C=CC(=O)OCC(O)Oc1ccccc1. The fraction of sp³-hybridized carbons (Fsp3) is 0.182. The van der Waals surface area contributed by atoms with E-state index in [1.54, 1.807) is 24.3 Å². The number of carbonyl (C=O) groups excluding carboxylic acids is 1. The molecule has 1 aromatic rings. The van der Waals surface area contributed by atoms with Crippen molar-refractivity contribution in [1.82, 2.24) is 0 Å². The van der Waals surface area contributed by atoms with Crippen molar-refractivity contribution in [2.45, 2.75) is 6.29 Å². The van der Waals surface area contributed by atoms with Gasteiger partial charge in [0, 0.05) is 6.08 Å². The van der Waals surface area contributed by atoms with Crippen LogP contribution in [0, 0.1) is 0 Å². The summed E-state index contributed by atoms with van der Waals surface area (Å²) in [6.07, 6.45) is -0.147. The molecule has 1 N–H and O–H groups in total. The Bertz CT molecular complexity index is 321. The van der Waals surface area contributed by atoms with E-state index in [1.807, 2.05) is 6.07 Å². The quantitative estimate of drug-likeness (QED) is 0.447. The lowest BCUT2D eigenvalue weighted by Crippen LogP contribution is -2.23. The summed E-state index contributed by atoms with van der Waals surface area (Å²) in [4.78, 5) is 10.7. The number of rotatable bonds is 5. The van der Waals surface area contributed by atoms with Crippen molar-refractivity contribution >= 4 is 5.97 Å². The molecule has 1 atom stereocenters. The van der Waals surface area contributed by atoms with Gasteiger partial charge in [0.15, 0.2) is 6.61 Å². The van der Waals surface area contributed by atoms with E-state index in [9.17, 15) is 9.90 Å². The molecule has 0 aliphatic carbocycles. The second-order valence-electron chi connectivity index (χ2n) is 2.72. The van der Waals surface area contributed by atoms with E-state index in [0.29, 0.717) is 5.75 Å². The van der Waals surface area contributed by atoms with E-state index in [-0.39, 0.29) is 6.61 Å². The molecule has 0 aliphatic heterocycles. The van der Waals surface area contributed by atoms with Gasteiger partial charge in [-0.15, -0.1) is 0 Å². The van der Waals surface area contributed by atoms with Crippen LogP contribution in [-0.4, -0.2) is 24.0 Å². The average molecular weight is 208 g/mol. The van der Waals surface area contributed by atoms with Crippen LogP contribution in [0.4, 0.5) is 0 Å². The number of hydrogen-bond donors (Lipinski definition) is 1. The van der Waals surface area contributed by atoms with E-state index >= 15 is 0 Å². The van der Waals surface area contributed by atoms with Gasteiger partial charge in [0.05, 0.1) is 0 Å². The Morgan fingerprint density at radius 2 is 2.13 bits per heavy atom. The highest BCUT2D eigenvalue weighted by Crippen LogP contribution is 2.09. The molecule has 1 unspecified atom stereocenters.